The molecule has 2 aliphatic rings. The van der Waals surface area contributed by atoms with Crippen LogP contribution >= 0.6 is 0 Å². The molecule has 0 radical (unpaired) electrons. The zero-order valence-electron chi connectivity index (χ0n) is 30.8. The molecule has 0 aliphatic carbocycles. The van der Waals surface area contributed by atoms with Gasteiger partial charge < -0.3 is 29.9 Å². The third-order valence-electron chi connectivity index (χ3n) is 9.58. The zero-order valence-corrected chi connectivity index (χ0v) is 31.6. The van der Waals surface area contributed by atoms with Gasteiger partial charge in [-0.2, -0.15) is 5.10 Å². The SMILES string of the molecule is Cc1[nH]nc(Nc2ncnc3cc(OCCCN4CCN(c5ncc(OCCN6CCN[C@H](C)C6=O)cn5)CC4)c(S(=O)(=O)C(C)(C)C)cc23)c1C. The van der Waals surface area contributed by atoms with Crippen LogP contribution in [0.3, 0.4) is 0 Å². The summed E-state index contributed by atoms with van der Waals surface area (Å²) >= 11 is 0. The van der Waals surface area contributed by atoms with Crippen molar-refractivity contribution < 1.29 is 22.7 Å². The molecule has 0 saturated carbocycles. The fourth-order valence-electron chi connectivity index (χ4n) is 6.11. The lowest BCUT2D eigenvalue weighted by Gasteiger charge is -2.34. The average molecular weight is 736 g/mol. The molecule has 1 atom stereocenters. The molecule has 2 fully saturated rings. The van der Waals surface area contributed by atoms with Crippen LogP contribution in [0.5, 0.6) is 11.5 Å². The van der Waals surface area contributed by atoms with Crippen molar-refractivity contribution in [2.75, 3.05) is 75.8 Å². The second-order valence-electron chi connectivity index (χ2n) is 14.2. The summed E-state index contributed by atoms with van der Waals surface area (Å²) in [5.41, 5.74) is 2.42. The van der Waals surface area contributed by atoms with Gasteiger partial charge >= 0.3 is 0 Å². The van der Waals surface area contributed by atoms with Gasteiger partial charge in [0.25, 0.3) is 0 Å². The standard InChI is InChI=1S/C35H49N11O5S/c1-23-24(2)42-43-31(23)41-32-27-18-30(52(48,49)35(4,5)6)29(19-28(27)39-22-40-32)51-16-7-9-44-11-13-46(14-12-44)34-37-20-26(21-38-34)50-17-15-45-10-8-36-25(3)33(45)47/h18-22,25,36H,7-17H2,1-6H3,(H2,39,40,41,42,43)/t25-/m1/s1. The van der Waals surface area contributed by atoms with Gasteiger partial charge in [0.1, 0.15) is 29.4 Å². The van der Waals surface area contributed by atoms with Gasteiger partial charge in [0, 0.05) is 68.5 Å². The molecule has 3 N–H and O–H groups in total. The summed E-state index contributed by atoms with van der Waals surface area (Å²) in [6.07, 6.45) is 5.51. The molecule has 16 nitrogen and oxygen atoms in total. The smallest absolute Gasteiger partial charge is 0.239 e. The van der Waals surface area contributed by atoms with Gasteiger partial charge in [-0.1, -0.05) is 0 Å². The number of anilines is 3. The summed E-state index contributed by atoms with van der Waals surface area (Å²) < 4.78 is 38.6. The van der Waals surface area contributed by atoms with Crippen LogP contribution in [0.2, 0.25) is 0 Å². The summed E-state index contributed by atoms with van der Waals surface area (Å²) in [6.45, 7) is 17.5. The minimum absolute atomic E-state index is 0.0913. The molecule has 17 heteroatoms. The van der Waals surface area contributed by atoms with E-state index in [9.17, 15) is 13.2 Å². The van der Waals surface area contributed by atoms with E-state index in [2.05, 4.69) is 50.6 Å². The Labute approximate surface area is 304 Å². The number of sulfone groups is 1. The molecule has 0 bridgehead atoms. The number of fused-ring (bicyclic) bond motifs is 1. The molecular formula is C35H49N11O5S. The van der Waals surface area contributed by atoms with Gasteiger partial charge in [0.2, 0.25) is 11.9 Å². The topological polar surface area (TPSA) is 184 Å². The molecule has 6 rings (SSSR count). The summed E-state index contributed by atoms with van der Waals surface area (Å²) in [4.78, 5) is 36.6. The number of aromatic nitrogens is 6. The number of benzene rings is 1. The van der Waals surface area contributed by atoms with Crippen LogP contribution in [0.1, 0.15) is 45.4 Å². The highest BCUT2D eigenvalue weighted by molar-refractivity contribution is 7.92. The number of rotatable bonds is 13. The van der Waals surface area contributed by atoms with E-state index in [0.29, 0.717) is 67.0 Å². The van der Waals surface area contributed by atoms with Gasteiger partial charge in [0.15, 0.2) is 21.4 Å². The first-order valence-electron chi connectivity index (χ1n) is 17.7. The molecule has 4 aromatic rings. The fraction of sp³-hybridized carbons (Fsp3) is 0.543. The quantitative estimate of drug-likeness (QED) is 0.170. The van der Waals surface area contributed by atoms with E-state index >= 15 is 0 Å². The molecule has 1 aromatic carbocycles. The van der Waals surface area contributed by atoms with Crippen LogP contribution in [0.4, 0.5) is 17.6 Å². The predicted octanol–water partition coefficient (Wildman–Crippen LogP) is 2.87. The number of nitrogens with zero attached hydrogens (tertiary/aromatic N) is 8. The molecule has 5 heterocycles. The Balaban J connectivity index is 1.02. The Morgan fingerprint density at radius 1 is 0.942 bits per heavy atom. The van der Waals surface area contributed by atoms with Crippen LogP contribution in [-0.4, -0.2) is 131 Å². The molecule has 3 aromatic heterocycles. The number of amides is 1. The maximum absolute atomic E-state index is 13.8. The van der Waals surface area contributed by atoms with E-state index in [0.717, 1.165) is 50.5 Å². The van der Waals surface area contributed by atoms with Crippen molar-refractivity contribution in [3.63, 3.8) is 0 Å². The lowest BCUT2D eigenvalue weighted by molar-refractivity contribution is -0.135. The zero-order chi connectivity index (χ0) is 37.0. The highest BCUT2D eigenvalue weighted by atomic mass is 32.2. The summed E-state index contributed by atoms with van der Waals surface area (Å²) in [7, 11) is -3.78. The maximum atomic E-state index is 13.8. The van der Waals surface area contributed by atoms with Crippen molar-refractivity contribution in [3.8, 4) is 11.5 Å². The number of piperazine rings is 2. The van der Waals surface area contributed by atoms with Crippen LogP contribution in [0.15, 0.2) is 35.7 Å². The van der Waals surface area contributed by atoms with Gasteiger partial charge in [-0.25, -0.2) is 28.4 Å². The molecule has 0 unspecified atom stereocenters. The Morgan fingerprint density at radius 2 is 1.69 bits per heavy atom. The second-order valence-corrected chi connectivity index (χ2v) is 16.9. The third-order valence-corrected chi connectivity index (χ3v) is 12.1. The lowest BCUT2D eigenvalue weighted by atomic mass is 10.2. The second kappa shape index (κ2) is 15.6. The van der Waals surface area contributed by atoms with Crippen molar-refractivity contribution >= 4 is 44.2 Å². The highest BCUT2D eigenvalue weighted by Crippen LogP contribution is 2.37. The Morgan fingerprint density at radius 3 is 2.38 bits per heavy atom. The number of nitrogens with one attached hydrogen (secondary N) is 3. The lowest BCUT2D eigenvalue weighted by Crippen LogP contribution is -2.54. The van der Waals surface area contributed by atoms with E-state index in [1.165, 1.54) is 6.33 Å². The molecule has 52 heavy (non-hydrogen) atoms. The maximum Gasteiger partial charge on any atom is 0.239 e. The van der Waals surface area contributed by atoms with E-state index in [-0.39, 0.29) is 22.6 Å². The number of carbonyl (C=O) groups excluding carboxylic acids is 1. The van der Waals surface area contributed by atoms with Crippen LogP contribution in [0, 0.1) is 13.8 Å². The molecule has 1 amide bonds. The van der Waals surface area contributed by atoms with E-state index in [4.69, 9.17) is 9.47 Å². The predicted molar refractivity (Wildman–Crippen MR) is 198 cm³/mol. The summed E-state index contributed by atoms with van der Waals surface area (Å²) in [6, 6.07) is 3.13. The number of aryl methyl sites for hydroxylation is 1. The van der Waals surface area contributed by atoms with Crippen molar-refractivity contribution in [3.05, 3.63) is 42.1 Å². The number of hydrogen-bond donors (Lipinski definition) is 3. The monoisotopic (exact) mass is 735 g/mol. The first-order valence-corrected chi connectivity index (χ1v) is 19.2. The fourth-order valence-corrected chi connectivity index (χ4v) is 7.42. The molecular weight excluding hydrogens is 687 g/mol. The van der Waals surface area contributed by atoms with Crippen LogP contribution in [-0.2, 0) is 14.6 Å². The van der Waals surface area contributed by atoms with Crippen molar-refractivity contribution in [2.45, 2.75) is 63.6 Å². The van der Waals surface area contributed by atoms with Crippen molar-refractivity contribution in [1.29, 1.82) is 0 Å². The highest BCUT2D eigenvalue weighted by Gasteiger charge is 2.34. The molecule has 2 saturated heterocycles. The first-order chi connectivity index (χ1) is 24.8. The Kier molecular flexibility index (Phi) is 11.1. The number of ether oxygens (including phenoxy) is 2. The Bertz CT molecular complexity index is 1970. The third kappa shape index (κ3) is 8.21. The van der Waals surface area contributed by atoms with Crippen molar-refractivity contribution in [1.82, 2.24) is 45.2 Å². The van der Waals surface area contributed by atoms with Gasteiger partial charge in [-0.15, -0.1) is 0 Å². The van der Waals surface area contributed by atoms with Gasteiger partial charge in [0.05, 0.1) is 41.9 Å². The summed E-state index contributed by atoms with van der Waals surface area (Å²) in [5.74, 6) is 2.67. The van der Waals surface area contributed by atoms with Gasteiger partial charge in [-0.05, 0) is 54.0 Å². The minimum atomic E-state index is -3.78. The van der Waals surface area contributed by atoms with Crippen LogP contribution in [0.25, 0.3) is 10.9 Å². The van der Waals surface area contributed by atoms with E-state index in [1.807, 2.05) is 25.7 Å². The molecule has 280 valence electrons. The number of hydrogen-bond acceptors (Lipinski definition) is 14. The number of H-pyrrole nitrogens is 1. The van der Waals surface area contributed by atoms with E-state index in [1.54, 1.807) is 45.3 Å². The minimum Gasteiger partial charge on any atom is -0.492 e. The van der Waals surface area contributed by atoms with Crippen LogP contribution < -0.4 is 25.0 Å². The number of aromatic amines is 1. The summed E-state index contributed by atoms with van der Waals surface area (Å²) in [5, 5.41) is 14.2. The first kappa shape index (κ1) is 37.2. The largest absolute Gasteiger partial charge is 0.492 e. The van der Waals surface area contributed by atoms with Crippen molar-refractivity contribution in [2.24, 2.45) is 0 Å². The van der Waals surface area contributed by atoms with Gasteiger partial charge in [-0.3, -0.25) is 14.8 Å². The normalized spacial score (nSPS) is 17.5. The average Bonchev–Trinajstić information content (AvgIpc) is 3.44. The van der Waals surface area contributed by atoms with E-state index < -0.39 is 14.6 Å². The molecule has 2 aliphatic heterocycles. The Hall–Kier alpha value is -4.61. The number of carbonyl (C=O) groups is 1. The molecule has 0 spiro atoms.